The van der Waals surface area contributed by atoms with E-state index in [2.05, 4.69) is 65.6 Å². The number of allylic oxidation sites excluding steroid dienone is 5. The summed E-state index contributed by atoms with van der Waals surface area (Å²) in [6, 6.07) is 13.0. The number of nitrogens with one attached hydrogen (secondary N) is 3. The summed E-state index contributed by atoms with van der Waals surface area (Å²) in [5.74, 6) is 5.95. The van der Waals surface area contributed by atoms with Gasteiger partial charge in [-0.1, -0.05) is 109 Å². The van der Waals surface area contributed by atoms with Gasteiger partial charge in [-0.15, -0.1) is 0 Å². The number of aliphatic hydroxyl groups is 4. The van der Waals surface area contributed by atoms with E-state index in [1.54, 1.807) is 0 Å². The Morgan fingerprint density at radius 1 is 0.944 bits per heavy atom. The zero-order chi connectivity index (χ0) is 50.3. The number of aryl methyl sites for hydroxylation is 1. The summed E-state index contributed by atoms with van der Waals surface area (Å²) in [7, 11) is 0. The van der Waals surface area contributed by atoms with Gasteiger partial charge in [-0.3, -0.25) is 14.9 Å². The maximum atomic E-state index is 14.9. The molecular formula is C60H80N4O7. The SMILES string of the molecule is C=C1C=CC=C(C2CCC3(C4CCC(O)Cc5cccc(c5)CCC(O)CNC5C(=O)NC(N)c6cccc(c65)CC(=O)C(C)=C4CCC3(C)O)C2O)COCC#CCC(C)=CCC1NCC1CCCC1. The molecule has 3 fully saturated rings. The molecule has 0 aromatic heterocycles. The van der Waals surface area contributed by atoms with E-state index in [9.17, 15) is 30.0 Å². The van der Waals surface area contributed by atoms with E-state index in [-0.39, 0.29) is 49.8 Å². The molecule has 71 heavy (non-hydrogen) atoms. The molecule has 3 heterocycles. The first-order chi connectivity index (χ1) is 34.1. The highest BCUT2D eigenvalue weighted by molar-refractivity contribution is 5.98. The molecule has 3 saturated carbocycles. The highest BCUT2D eigenvalue weighted by Gasteiger charge is 2.64. The van der Waals surface area contributed by atoms with Gasteiger partial charge in [0, 0.05) is 36.8 Å². The molecule has 2 bridgehead atoms. The van der Waals surface area contributed by atoms with E-state index in [0.717, 1.165) is 40.8 Å². The van der Waals surface area contributed by atoms with Crippen molar-refractivity contribution < 1.29 is 34.8 Å². The number of ether oxygens (including phenoxy) is 1. The van der Waals surface area contributed by atoms with Crippen LogP contribution in [0.25, 0.3) is 0 Å². The van der Waals surface area contributed by atoms with Crippen molar-refractivity contribution in [2.75, 3.05) is 26.3 Å². The number of amides is 1. The molecule has 8 rings (SSSR count). The number of aliphatic hydroxyl groups excluding tert-OH is 3. The fourth-order valence-corrected chi connectivity index (χ4v) is 13.1. The standard InChI is InChI=1S/C60H80N4O7/c1-38-12-7-8-31-71-37-45(19-9-13-39(2)52(26-21-38)62-35-42-14-5-6-15-42)49-28-30-60(56(49)68)51-25-24-46(65)33-43-17-10-16-41(32-43)22-23-47(66)36-63-55-54-44(18-11-20-50(54)57(61)64-58(55)69)34-53(67)40(3)48(51)27-29-59(60,4)70/h9-11,13,16-21,32,42,46-47,49,51-52,55-57,62-63,65-66,68,70H,2,5-6,12,14-15,22-31,33-37,61H2,1,3-4H3,(H,64,69). The minimum absolute atomic E-state index is 0.00906. The first-order valence-corrected chi connectivity index (χ1v) is 26.6. The van der Waals surface area contributed by atoms with E-state index >= 15 is 0 Å². The van der Waals surface area contributed by atoms with Crippen LogP contribution in [0, 0.1) is 35.0 Å². The van der Waals surface area contributed by atoms with Gasteiger partial charge in [-0.05, 0) is 161 Å². The minimum Gasteiger partial charge on any atom is -0.393 e. The quantitative estimate of drug-likeness (QED) is 0.114. The third kappa shape index (κ3) is 12.1. The Hall–Kier alpha value is -4.48. The summed E-state index contributed by atoms with van der Waals surface area (Å²) in [5.41, 5.74) is 12.8. The van der Waals surface area contributed by atoms with Crippen LogP contribution in [0.15, 0.2) is 101 Å². The molecule has 9 N–H and O–H groups in total. The van der Waals surface area contributed by atoms with E-state index in [0.29, 0.717) is 92.4 Å². The maximum absolute atomic E-state index is 14.9. The molecule has 11 heteroatoms. The predicted molar refractivity (Wildman–Crippen MR) is 280 cm³/mol. The number of nitrogens with two attached hydrogens (primary N) is 1. The van der Waals surface area contributed by atoms with Crippen LogP contribution in [0.4, 0.5) is 0 Å². The van der Waals surface area contributed by atoms with E-state index in [1.807, 2.05) is 56.3 Å². The zero-order valence-electron chi connectivity index (χ0n) is 42.5. The second-order valence-corrected chi connectivity index (χ2v) is 22.0. The second-order valence-electron chi connectivity index (χ2n) is 22.0. The zero-order valence-corrected chi connectivity index (χ0v) is 42.5. The van der Waals surface area contributed by atoms with Gasteiger partial charge in [0.25, 0.3) is 0 Å². The predicted octanol–water partition coefficient (Wildman–Crippen LogP) is 7.39. The van der Waals surface area contributed by atoms with Crippen LogP contribution in [0.5, 0.6) is 0 Å². The summed E-state index contributed by atoms with van der Waals surface area (Å²) in [4.78, 5) is 28.6. The maximum Gasteiger partial charge on any atom is 0.243 e. The number of Topliss-reactive ketones (excluding diaryl/α,β-unsaturated/α-hetero) is 1. The third-order valence-corrected chi connectivity index (χ3v) is 17.3. The van der Waals surface area contributed by atoms with Crippen LogP contribution >= 0.6 is 0 Å². The minimum atomic E-state index is -1.31. The average Bonchev–Trinajstić information content (AvgIpc) is 3.99. The Labute approximate surface area is 422 Å². The van der Waals surface area contributed by atoms with Gasteiger partial charge in [-0.25, -0.2) is 0 Å². The summed E-state index contributed by atoms with van der Waals surface area (Å²) in [6.45, 7) is 12.0. The van der Waals surface area contributed by atoms with Gasteiger partial charge in [-0.2, -0.15) is 0 Å². The van der Waals surface area contributed by atoms with Gasteiger partial charge in [0.15, 0.2) is 5.78 Å². The molecule has 11 nitrogen and oxygen atoms in total. The normalized spacial score (nSPS) is 33.2. The lowest BCUT2D eigenvalue weighted by molar-refractivity contribution is -0.168. The highest BCUT2D eigenvalue weighted by Crippen LogP contribution is 2.63. The second kappa shape index (κ2) is 23.6. The highest BCUT2D eigenvalue weighted by atomic mass is 16.5. The van der Waals surface area contributed by atoms with E-state index < -0.39 is 47.5 Å². The Morgan fingerprint density at radius 3 is 2.55 bits per heavy atom. The fourth-order valence-electron chi connectivity index (χ4n) is 13.1. The lowest BCUT2D eigenvalue weighted by atomic mass is 9.52. The lowest BCUT2D eigenvalue weighted by Gasteiger charge is -2.56. The van der Waals surface area contributed by atoms with Crippen molar-refractivity contribution in [1.82, 2.24) is 16.0 Å². The molecule has 1 amide bonds. The Bertz CT molecular complexity index is 2450. The van der Waals surface area contributed by atoms with Crippen LogP contribution in [-0.2, 0) is 33.6 Å². The van der Waals surface area contributed by atoms with Crippen molar-refractivity contribution in [2.24, 2.45) is 28.9 Å². The number of β-amino-alcohol motifs (C(OH)–C–C–N with tert-alkyl or cyclic N) is 1. The number of ketones is 1. The summed E-state index contributed by atoms with van der Waals surface area (Å²) < 4.78 is 6.26. The number of carbonyl (C=O) groups is 2. The van der Waals surface area contributed by atoms with Crippen LogP contribution < -0.4 is 21.7 Å². The third-order valence-electron chi connectivity index (χ3n) is 17.3. The van der Waals surface area contributed by atoms with Crippen molar-refractivity contribution in [1.29, 1.82) is 0 Å². The van der Waals surface area contributed by atoms with Crippen molar-refractivity contribution in [2.45, 2.75) is 166 Å². The number of hydrogen-bond donors (Lipinski definition) is 8. The van der Waals surface area contributed by atoms with Crippen molar-refractivity contribution >= 4 is 11.7 Å². The van der Waals surface area contributed by atoms with Gasteiger partial charge >= 0.3 is 0 Å². The smallest absolute Gasteiger partial charge is 0.243 e. The Kier molecular flexibility index (Phi) is 17.6. The molecule has 3 aliphatic carbocycles. The molecule has 382 valence electrons. The molecule has 3 aliphatic heterocycles. The van der Waals surface area contributed by atoms with Crippen LogP contribution in [0.1, 0.15) is 144 Å². The van der Waals surface area contributed by atoms with Crippen LogP contribution in [0.3, 0.4) is 0 Å². The average molecular weight is 969 g/mol. The van der Waals surface area contributed by atoms with E-state index in [4.69, 9.17) is 10.5 Å². The monoisotopic (exact) mass is 969 g/mol. The van der Waals surface area contributed by atoms with Gasteiger partial charge in [0.2, 0.25) is 5.91 Å². The topological polar surface area (TPSA) is 186 Å². The Balaban J connectivity index is 1.15. The van der Waals surface area contributed by atoms with Gasteiger partial charge < -0.3 is 41.5 Å². The Morgan fingerprint density at radius 2 is 1.73 bits per heavy atom. The first-order valence-electron chi connectivity index (χ1n) is 26.6. The molecule has 10 atom stereocenters. The molecular weight excluding hydrogens is 889 g/mol. The largest absolute Gasteiger partial charge is 0.393 e. The van der Waals surface area contributed by atoms with E-state index in [1.165, 1.54) is 31.3 Å². The molecule has 10 unspecified atom stereocenters. The molecule has 6 aliphatic rings. The van der Waals surface area contributed by atoms with Crippen LogP contribution in [0.2, 0.25) is 0 Å². The first kappa shape index (κ1) is 52.8. The lowest BCUT2D eigenvalue weighted by Crippen LogP contribution is -2.59. The fraction of sp³-hybridized carbons (Fsp3) is 0.567. The number of rotatable bonds is 4. The molecule has 2 aromatic rings. The molecule has 2 aromatic carbocycles. The van der Waals surface area contributed by atoms with Crippen molar-refractivity contribution in [3.05, 3.63) is 129 Å². The number of hydrogen-bond acceptors (Lipinski definition) is 10. The molecule has 0 saturated heterocycles. The molecule has 1 spiro atoms. The number of fused-ring (bicyclic) bond motifs is 4. The summed E-state index contributed by atoms with van der Waals surface area (Å²) in [6.07, 6.45) is 16.0. The van der Waals surface area contributed by atoms with Gasteiger partial charge in [0.05, 0.1) is 30.5 Å². The summed E-state index contributed by atoms with van der Waals surface area (Å²) >= 11 is 0. The summed E-state index contributed by atoms with van der Waals surface area (Å²) in [5, 5.41) is 59.0. The number of carbonyl (C=O) groups excluding carboxylic acids is 2. The van der Waals surface area contributed by atoms with Crippen molar-refractivity contribution in [3.8, 4) is 11.8 Å². The van der Waals surface area contributed by atoms with Crippen LogP contribution in [-0.4, -0.2) is 88.4 Å². The van der Waals surface area contributed by atoms with Gasteiger partial charge in [0.1, 0.15) is 18.8 Å². The number of benzene rings is 2. The molecule has 0 radical (unpaired) electrons. The van der Waals surface area contributed by atoms with Crippen molar-refractivity contribution in [3.63, 3.8) is 0 Å².